The summed E-state index contributed by atoms with van der Waals surface area (Å²) in [5, 5.41) is 13.8. The first-order chi connectivity index (χ1) is 9.56. The Bertz CT molecular complexity index is 659. The zero-order valence-corrected chi connectivity index (χ0v) is 12.1. The number of benzene rings is 1. The highest BCUT2D eigenvalue weighted by atomic mass is 16.3. The standard InChI is InChI=1S/C17H20N2O/c1-16(2,11-19-12-17(10-18)7-8-17)14-9-20-15-6-4-3-5-13(14)15/h3-6,9,19H,7-8,11-12H2,1-2H3. The first-order valence-electron chi connectivity index (χ1n) is 7.15. The van der Waals surface area contributed by atoms with E-state index in [-0.39, 0.29) is 10.8 Å². The largest absolute Gasteiger partial charge is 0.464 e. The molecule has 3 heteroatoms. The van der Waals surface area contributed by atoms with E-state index in [2.05, 4.69) is 31.3 Å². The van der Waals surface area contributed by atoms with Crippen molar-refractivity contribution in [1.82, 2.24) is 5.32 Å². The van der Waals surface area contributed by atoms with E-state index in [0.717, 1.165) is 31.5 Å². The quantitative estimate of drug-likeness (QED) is 0.901. The van der Waals surface area contributed by atoms with Crippen molar-refractivity contribution in [3.05, 3.63) is 36.1 Å². The molecule has 1 aromatic heterocycles. The number of hydrogen-bond acceptors (Lipinski definition) is 3. The number of para-hydroxylation sites is 1. The van der Waals surface area contributed by atoms with E-state index in [1.807, 2.05) is 24.5 Å². The summed E-state index contributed by atoms with van der Waals surface area (Å²) >= 11 is 0. The van der Waals surface area contributed by atoms with E-state index >= 15 is 0 Å². The van der Waals surface area contributed by atoms with Crippen LogP contribution in [0.15, 0.2) is 34.9 Å². The van der Waals surface area contributed by atoms with Crippen molar-refractivity contribution in [2.75, 3.05) is 13.1 Å². The van der Waals surface area contributed by atoms with Crippen molar-refractivity contribution in [1.29, 1.82) is 5.26 Å². The first-order valence-corrected chi connectivity index (χ1v) is 7.15. The lowest BCUT2D eigenvalue weighted by Crippen LogP contribution is -2.35. The third-order valence-corrected chi connectivity index (χ3v) is 4.33. The highest BCUT2D eigenvalue weighted by Gasteiger charge is 2.42. The summed E-state index contributed by atoms with van der Waals surface area (Å²) in [5.74, 6) is 0. The molecule has 0 saturated heterocycles. The second-order valence-corrected chi connectivity index (χ2v) is 6.53. The molecule has 2 aromatic rings. The Labute approximate surface area is 119 Å². The molecule has 104 valence electrons. The van der Waals surface area contributed by atoms with Gasteiger partial charge in [-0.2, -0.15) is 5.26 Å². The fourth-order valence-electron chi connectivity index (χ4n) is 2.69. The van der Waals surface area contributed by atoms with Crippen LogP contribution < -0.4 is 5.32 Å². The Hall–Kier alpha value is -1.79. The predicted octanol–water partition coefficient (Wildman–Crippen LogP) is 3.60. The SMILES string of the molecule is CC(C)(CNCC1(C#N)CC1)c1coc2ccccc12. The van der Waals surface area contributed by atoms with E-state index in [4.69, 9.17) is 9.68 Å². The molecule has 1 heterocycles. The van der Waals surface area contributed by atoms with E-state index in [9.17, 15) is 0 Å². The molecule has 1 saturated carbocycles. The molecule has 0 amide bonds. The second-order valence-electron chi connectivity index (χ2n) is 6.53. The maximum atomic E-state index is 9.11. The summed E-state index contributed by atoms with van der Waals surface area (Å²) in [6, 6.07) is 10.6. The Morgan fingerprint density at radius 1 is 1.35 bits per heavy atom. The summed E-state index contributed by atoms with van der Waals surface area (Å²) in [7, 11) is 0. The molecular weight excluding hydrogens is 248 g/mol. The van der Waals surface area contributed by atoms with Gasteiger partial charge >= 0.3 is 0 Å². The zero-order valence-electron chi connectivity index (χ0n) is 12.1. The van der Waals surface area contributed by atoms with Gasteiger partial charge in [0.1, 0.15) is 5.58 Å². The summed E-state index contributed by atoms with van der Waals surface area (Å²) < 4.78 is 5.64. The van der Waals surface area contributed by atoms with Crippen molar-refractivity contribution in [3.63, 3.8) is 0 Å². The molecule has 1 aromatic carbocycles. The van der Waals surface area contributed by atoms with Gasteiger partial charge in [-0.3, -0.25) is 0 Å². The van der Waals surface area contributed by atoms with Gasteiger partial charge in [0, 0.05) is 29.5 Å². The van der Waals surface area contributed by atoms with Gasteiger partial charge in [0.15, 0.2) is 0 Å². The number of fused-ring (bicyclic) bond motifs is 1. The Balaban J connectivity index is 1.73. The molecule has 3 rings (SSSR count). The van der Waals surface area contributed by atoms with E-state index in [1.165, 1.54) is 10.9 Å². The normalized spacial score (nSPS) is 17.1. The second kappa shape index (κ2) is 4.64. The third-order valence-electron chi connectivity index (χ3n) is 4.33. The third kappa shape index (κ3) is 2.32. The van der Waals surface area contributed by atoms with Crippen LogP contribution in [0.25, 0.3) is 11.0 Å². The highest BCUT2D eigenvalue weighted by molar-refractivity contribution is 5.82. The molecule has 0 unspecified atom stereocenters. The Morgan fingerprint density at radius 3 is 2.80 bits per heavy atom. The van der Waals surface area contributed by atoms with E-state index in [0.29, 0.717) is 0 Å². The predicted molar refractivity (Wildman–Crippen MR) is 79.4 cm³/mol. The van der Waals surface area contributed by atoms with Crippen molar-refractivity contribution in [2.45, 2.75) is 32.1 Å². The van der Waals surface area contributed by atoms with Gasteiger partial charge in [0.2, 0.25) is 0 Å². The lowest BCUT2D eigenvalue weighted by atomic mass is 9.84. The zero-order chi connectivity index (χ0) is 14.2. The molecule has 20 heavy (non-hydrogen) atoms. The van der Waals surface area contributed by atoms with Crippen molar-refractivity contribution < 1.29 is 4.42 Å². The lowest BCUT2D eigenvalue weighted by Gasteiger charge is -2.25. The summed E-state index contributed by atoms with van der Waals surface area (Å²) in [6.07, 6.45) is 3.93. The van der Waals surface area contributed by atoms with Crippen molar-refractivity contribution >= 4 is 11.0 Å². The summed E-state index contributed by atoms with van der Waals surface area (Å²) in [6.45, 7) is 6.06. The lowest BCUT2D eigenvalue weighted by molar-refractivity contribution is 0.440. The molecule has 3 nitrogen and oxygen atoms in total. The van der Waals surface area contributed by atoms with Gasteiger partial charge in [-0.25, -0.2) is 0 Å². The number of furan rings is 1. The van der Waals surface area contributed by atoms with E-state index in [1.54, 1.807) is 0 Å². The molecule has 0 aliphatic heterocycles. The van der Waals surface area contributed by atoms with Gasteiger partial charge in [-0.15, -0.1) is 0 Å². The Kier molecular flexibility index (Phi) is 3.07. The molecule has 1 aliphatic carbocycles. The molecular formula is C17H20N2O. The van der Waals surface area contributed by atoms with Crippen LogP contribution in [0.2, 0.25) is 0 Å². The topological polar surface area (TPSA) is 49.0 Å². The molecule has 1 aliphatic rings. The van der Waals surface area contributed by atoms with Crippen LogP contribution in [0.5, 0.6) is 0 Å². The first kappa shape index (κ1) is 13.2. The highest BCUT2D eigenvalue weighted by Crippen LogP contribution is 2.44. The van der Waals surface area contributed by atoms with Crippen LogP contribution in [0, 0.1) is 16.7 Å². The number of nitrogens with one attached hydrogen (secondary N) is 1. The molecule has 1 fully saturated rings. The fraction of sp³-hybridized carbons (Fsp3) is 0.471. The number of rotatable bonds is 5. The number of nitrogens with zero attached hydrogens (tertiary/aromatic N) is 1. The van der Waals surface area contributed by atoms with Crippen LogP contribution in [-0.4, -0.2) is 13.1 Å². The van der Waals surface area contributed by atoms with Gasteiger partial charge in [-0.1, -0.05) is 32.0 Å². The molecule has 0 atom stereocenters. The average molecular weight is 268 g/mol. The molecule has 1 N–H and O–H groups in total. The Morgan fingerprint density at radius 2 is 2.10 bits per heavy atom. The van der Waals surface area contributed by atoms with Crippen LogP contribution in [0.3, 0.4) is 0 Å². The van der Waals surface area contributed by atoms with Crippen LogP contribution in [0.1, 0.15) is 32.3 Å². The summed E-state index contributed by atoms with van der Waals surface area (Å²) in [5.41, 5.74) is 2.06. The van der Waals surface area contributed by atoms with Crippen molar-refractivity contribution in [2.24, 2.45) is 5.41 Å². The minimum atomic E-state index is -0.0887. The van der Waals surface area contributed by atoms with Crippen LogP contribution >= 0.6 is 0 Å². The van der Waals surface area contributed by atoms with Gasteiger partial charge < -0.3 is 9.73 Å². The van der Waals surface area contributed by atoms with E-state index < -0.39 is 0 Å². The van der Waals surface area contributed by atoms with Gasteiger partial charge in [0.25, 0.3) is 0 Å². The number of nitriles is 1. The minimum Gasteiger partial charge on any atom is -0.464 e. The molecule has 0 radical (unpaired) electrons. The molecule has 0 spiro atoms. The average Bonchev–Trinajstić information content (AvgIpc) is 3.08. The van der Waals surface area contributed by atoms with Crippen LogP contribution in [0.4, 0.5) is 0 Å². The van der Waals surface area contributed by atoms with Gasteiger partial charge in [0.05, 0.1) is 17.7 Å². The fourth-order valence-corrected chi connectivity index (χ4v) is 2.69. The minimum absolute atomic E-state index is 0.0157. The number of hydrogen-bond donors (Lipinski definition) is 1. The smallest absolute Gasteiger partial charge is 0.134 e. The van der Waals surface area contributed by atoms with Crippen LogP contribution in [-0.2, 0) is 5.41 Å². The maximum absolute atomic E-state index is 9.11. The maximum Gasteiger partial charge on any atom is 0.134 e. The van der Waals surface area contributed by atoms with Gasteiger partial charge in [-0.05, 0) is 18.9 Å². The molecule has 0 bridgehead atoms. The summed E-state index contributed by atoms with van der Waals surface area (Å²) in [4.78, 5) is 0. The monoisotopic (exact) mass is 268 g/mol. The van der Waals surface area contributed by atoms with Crippen molar-refractivity contribution in [3.8, 4) is 6.07 Å².